The Morgan fingerprint density at radius 3 is 1.86 bits per heavy atom. The molecule has 6 rings (SSSR count). The number of fused-ring (bicyclic) bond motifs is 4. The molecule has 0 saturated carbocycles. The third kappa shape index (κ3) is 2.21. The first kappa shape index (κ1) is 15.3. The molecular weight excluding hydrogens is 340 g/mol. The Hall–Kier alpha value is -3.78. The molecule has 0 N–H and O–H groups in total. The van der Waals surface area contributed by atoms with Crippen LogP contribution in [0.15, 0.2) is 103 Å². The molecule has 2 heterocycles. The molecule has 0 radical (unpaired) electrons. The van der Waals surface area contributed by atoms with E-state index in [1.54, 1.807) is 0 Å². The Morgan fingerprint density at radius 1 is 0.500 bits per heavy atom. The van der Waals surface area contributed by atoms with Gasteiger partial charge in [-0.3, -0.25) is 0 Å². The highest BCUT2D eigenvalue weighted by Crippen LogP contribution is 2.26. The van der Waals surface area contributed by atoms with Crippen molar-refractivity contribution in [3.05, 3.63) is 103 Å². The van der Waals surface area contributed by atoms with Crippen LogP contribution in [0, 0.1) is 0 Å². The molecule has 6 aromatic rings. The number of hydrogen-bond donors (Lipinski definition) is 0. The number of rotatable bonds is 1. The van der Waals surface area contributed by atoms with Crippen LogP contribution in [0.25, 0.3) is 49.3 Å². The van der Waals surface area contributed by atoms with Crippen molar-refractivity contribution in [2.45, 2.75) is 0 Å². The lowest BCUT2D eigenvalue weighted by Crippen LogP contribution is -2.33. The zero-order valence-corrected chi connectivity index (χ0v) is 15.2. The van der Waals surface area contributed by atoms with Crippen molar-refractivity contribution < 1.29 is 4.57 Å². The van der Waals surface area contributed by atoms with Crippen LogP contribution in [0.1, 0.15) is 0 Å². The third-order valence-electron chi connectivity index (χ3n) is 5.44. The van der Waals surface area contributed by atoms with E-state index in [0.29, 0.717) is 0 Å². The van der Waals surface area contributed by atoms with Gasteiger partial charge >= 0.3 is 0 Å². The number of hydrogen-bond acceptors (Lipinski definition) is 1. The number of aromatic nitrogens is 2. The predicted octanol–water partition coefficient (Wildman–Crippen LogP) is 5.97. The van der Waals surface area contributed by atoms with Crippen molar-refractivity contribution in [1.82, 2.24) is 4.98 Å². The van der Waals surface area contributed by atoms with Gasteiger partial charge in [-0.2, -0.15) is 4.57 Å². The van der Waals surface area contributed by atoms with Gasteiger partial charge < -0.3 is 0 Å². The zero-order valence-electron chi connectivity index (χ0n) is 15.2. The van der Waals surface area contributed by atoms with Gasteiger partial charge in [0.25, 0.3) is 0 Å². The molecule has 28 heavy (non-hydrogen) atoms. The Kier molecular flexibility index (Phi) is 3.20. The summed E-state index contributed by atoms with van der Waals surface area (Å²) in [6, 6.07) is 36.4. The topological polar surface area (TPSA) is 16.8 Å². The van der Waals surface area contributed by atoms with E-state index in [0.717, 1.165) is 27.5 Å². The van der Waals surface area contributed by atoms with Crippen LogP contribution in [0.5, 0.6) is 0 Å². The van der Waals surface area contributed by atoms with Crippen LogP contribution in [-0.4, -0.2) is 4.98 Å². The second-order valence-electron chi connectivity index (χ2n) is 7.12. The molecule has 0 atom stereocenters. The first-order valence-corrected chi connectivity index (χ1v) is 9.50. The van der Waals surface area contributed by atoms with Crippen molar-refractivity contribution >= 4 is 43.6 Å². The molecule has 0 aliphatic heterocycles. The fourth-order valence-electron chi connectivity index (χ4n) is 4.16. The summed E-state index contributed by atoms with van der Waals surface area (Å²) < 4.78 is 2.36. The first-order chi connectivity index (χ1) is 13.9. The number of pyridine rings is 2. The summed E-state index contributed by atoms with van der Waals surface area (Å²) in [7, 11) is 0. The van der Waals surface area contributed by atoms with Gasteiger partial charge in [0.1, 0.15) is 0 Å². The van der Waals surface area contributed by atoms with E-state index in [9.17, 15) is 0 Å². The van der Waals surface area contributed by atoms with Crippen LogP contribution in [0.2, 0.25) is 0 Å². The lowest BCUT2D eigenvalue weighted by molar-refractivity contribution is -0.536. The van der Waals surface area contributed by atoms with Gasteiger partial charge in [-0.05, 0) is 36.4 Å². The van der Waals surface area contributed by atoms with E-state index in [1.165, 1.54) is 21.8 Å². The van der Waals surface area contributed by atoms with E-state index < -0.39 is 0 Å². The Labute approximate surface area is 162 Å². The Balaban J connectivity index is 1.83. The molecule has 0 fully saturated rings. The average molecular weight is 357 g/mol. The molecule has 130 valence electrons. The maximum absolute atomic E-state index is 4.91. The van der Waals surface area contributed by atoms with Crippen LogP contribution in [0.3, 0.4) is 0 Å². The van der Waals surface area contributed by atoms with Crippen molar-refractivity contribution in [3.63, 3.8) is 0 Å². The molecular formula is C26H17N2+. The van der Waals surface area contributed by atoms with Crippen molar-refractivity contribution in [2.24, 2.45) is 0 Å². The SMILES string of the molecule is c1ccc2nc3cccc(-[n+]4c5ccccc5cc5ccccc54)c3cc2c1. The van der Waals surface area contributed by atoms with E-state index in [1.807, 2.05) is 6.07 Å². The number of benzene rings is 4. The second kappa shape index (κ2) is 5.86. The van der Waals surface area contributed by atoms with Gasteiger partial charge in [0.15, 0.2) is 0 Å². The van der Waals surface area contributed by atoms with Gasteiger partial charge in [0, 0.05) is 34.4 Å². The van der Waals surface area contributed by atoms with Crippen molar-refractivity contribution in [3.8, 4) is 5.69 Å². The highest BCUT2D eigenvalue weighted by atomic mass is 15.0. The van der Waals surface area contributed by atoms with Crippen molar-refractivity contribution in [1.29, 1.82) is 0 Å². The van der Waals surface area contributed by atoms with Crippen LogP contribution in [0.4, 0.5) is 0 Å². The van der Waals surface area contributed by atoms with E-state index in [4.69, 9.17) is 4.98 Å². The largest absolute Gasteiger partial charge is 0.248 e. The van der Waals surface area contributed by atoms with Gasteiger partial charge in [-0.25, -0.2) is 4.98 Å². The summed E-state index contributed by atoms with van der Waals surface area (Å²) in [4.78, 5) is 4.91. The highest BCUT2D eigenvalue weighted by molar-refractivity contribution is 5.97. The number of para-hydroxylation sites is 3. The van der Waals surface area contributed by atoms with Gasteiger partial charge in [-0.15, -0.1) is 0 Å². The monoisotopic (exact) mass is 357 g/mol. The summed E-state index contributed by atoms with van der Waals surface area (Å²) in [6.45, 7) is 0. The van der Waals surface area contributed by atoms with E-state index in [-0.39, 0.29) is 0 Å². The van der Waals surface area contributed by atoms with Crippen LogP contribution in [-0.2, 0) is 0 Å². The van der Waals surface area contributed by atoms with Gasteiger partial charge in [0.2, 0.25) is 16.7 Å². The lowest BCUT2D eigenvalue weighted by atomic mass is 10.1. The normalized spacial score (nSPS) is 11.6. The summed E-state index contributed by atoms with van der Waals surface area (Å²) in [5.41, 5.74) is 5.59. The number of nitrogens with zero attached hydrogens (tertiary/aromatic N) is 2. The smallest absolute Gasteiger partial charge is 0.221 e. The minimum absolute atomic E-state index is 1.01. The minimum Gasteiger partial charge on any atom is -0.248 e. The molecule has 2 aromatic heterocycles. The lowest BCUT2D eigenvalue weighted by Gasteiger charge is -2.08. The van der Waals surface area contributed by atoms with E-state index >= 15 is 0 Å². The molecule has 0 aliphatic carbocycles. The molecule has 2 nitrogen and oxygen atoms in total. The second-order valence-corrected chi connectivity index (χ2v) is 7.12. The summed E-state index contributed by atoms with van der Waals surface area (Å²) >= 11 is 0. The summed E-state index contributed by atoms with van der Waals surface area (Å²) in [6.07, 6.45) is 0. The fraction of sp³-hybridized carbons (Fsp3) is 0. The molecule has 0 saturated heterocycles. The van der Waals surface area contributed by atoms with E-state index in [2.05, 4.69) is 102 Å². The maximum Gasteiger partial charge on any atom is 0.221 e. The van der Waals surface area contributed by atoms with Crippen LogP contribution < -0.4 is 4.57 Å². The van der Waals surface area contributed by atoms with Crippen LogP contribution >= 0.6 is 0 Å². The molecule has 4 aromatic carbocycles. The van der Waals surface area contributed by atoms with Gasteiger partial charge in [0.05, 0.1) is 16.4 Å². The molecule has 0 unspecified atom stereocenters. The predicted molar refractivity (Wildman–Crippen MR) is 116 cm³/mol. The fourth-order valence-corrected chi connectivity index (χ4v) is 4.16. The Morgan fingerprint density at radius 2 is 1.11 bits per heavy atom. The molecule has 0 spiro atoms. The molecule has 0 aliphatic rings. The third-order valence-corrected chi connectivity index (χ3v) is 5.44. The average Bonchev–Trinajstić information content (AvgIpc) is 2.76. The Bertz CT molecular complexity index is 1460. The highest BCUT2D eigenvalue weighted by Gasteiger charge is 2.20. The maximum atomic E-state index is 4.91. The minimum atomic E-state index is 1.01. The standard InChI is InChI=1S/C26H17N2/c1-4-11-22-18(8-1)17-21-23(27-22)12-7-15-26(21)28-24-13-5-2-9-19(24)16-20-10-3-6-14-25(20)28/h1-17H/q+1. The first-order valence-electron chi connectivity index (χ1n) is 9.50. The quantitative estimate of drug-likeness (QED) is 0.262. The molecule has 0 amide bonds. The molecule has 2 heteroatoms. The van der Waals surface area contributed by atoms with Gasteiger partial charge in [-0.1, -0.05) is 48.5 Å². The summed E-state index contributed by atoms with van der Waals surface area (Å²) in [5.74, 6) is 0. The van der Waals surface area contributed by atoms with Crippen molar-refractivity contribution in [2.75, 3.05) is 0 Å². The summed E-state index contributed by atoms with van der Waals surface area (Å²) in [5, 5.41) is 4.78. The zero-order chi connectivity index (χ0) is 18.5. The molecule has 0 bridgehead atoms.